The van der Waals surface area contributed by atoms with Crippen LogP contribution in [-0.2, 0) is 15.2 Å². The van der Waals surface area contributed by atoms with Gasteiger partial charge in [0, 0.05) is 29.4 Å². The van der Waals surface area contributed by atoms with E-state index in [2.05, 4.69) is 9.97 Å². The van der Waals surface area contributed by atoms with Crippen LogP contribution in [0.5, 0.6) is 11.6 Å². The van der Waals surface area contributed by atoms with Gasteiger partial charge in [-0.1, -0.05) is 47.6 Å². The molecule has 3 atom stereocenters. The molecule has 2 heterocycles. The van der Waals surface area contributed by atoms with E-state index in [1.165, 1.54) is 18.2 Å². The maximum absolute atomic E-state index is 13.9. The van der Waals surface area contributed by atoms with Crippen molar-refractivity contribution in [3.8, 4) is 11.6 Å². The molecule has 0 saturated carbocycles. The smallest absolute Gasteiger partial charge is 0.219 e. The van der Waals surface area contributed by atoms with E-state index >= 15 is 0 Å². The highest BCUT2D eigenvalue weighted by atomic mass is 35.5. The zero-order chi connectivity index (χ0) is 24.1. The maximum atomic E-state index is 13.9. The van der Waals surface area contributed by atoms with Gasteiger partial charge < -0.3 is 18.9 Å². The summed E-state index contributed by atoms with van der Waals surface area (Å²) in [5.74, 6) is -0.614. The number of hydrogen-bond acceptors (Lipinski definition) is 7. The van der Waals surface area contributed by atoms with Crippen molar-refractivity contribution in [3.63, 3.8) is 0 Å². The van der Waals surface area contributed by atoms with Gasteiger partial charge in [0.2, 0.25) is 5.88 Å². The predicted octanol–water partition coefficient (Wildman–Crippen LogP) is 5.98. The van der Waals surface area contributed by atoms with Crippen LogP contribution in [0.1, 0.15) is 30.8 Å². The molecule has 6 nitrogen and oxygen atoms in total. The number of methoxy groups -OCH3 is 1. The SMILES string of the molecule is COc1ccc(C2OCC[C@H]([C@@H](C)Oc3cc(Cl)nc(SCc4cccc(F)c4F)n3)O2)cc1. The lowest BCUT2D eigenvalue weighted by atomic mass is 10.1. The van der Waals surface area contributed by atoms with E-state index < -0.39 is 17.9 Å². The van der Waals surface area contributed by atoms with Crippen LogP contribution >= 0.6 is 23.4 Å². The van der Waals surface area contributed by atoms with Crippen LogP contribution < -0.4 is 9.47 Å². The van der Waals surface area contributed by atoms with Crippen molar-refractivity contribution in [2.24, 2.45) is 0 Å². The minimum absolute atomic E-state index is 0.144. The fourth-order valence-corrected chi connectivity index (χ4v) is 4.46. The molecule has 1 fully saturated rings. The number of nitrogens with zero attached hydrogens (tertiary/aromatic N) is 2. The van der Waals surface area contributed by atoms with Crippen molar-refractivity contribution in [1.82, 2.24) is 9.97 Å². The third-order valence-corrected chi connectivity index (χ3v) is 6.32. The number of rotatable bonds is 8. The minimum Gasteiger partial charge on any atom is -0.497 e. The zero-order valence-corrected chi connectivity index (χ0v) is 20.1. The summed E-state index contributed by atoms with van der Waals surface area (Å²) in [6, 6.07) is 13.0. The largest absolute Gasteiger partial charge is 0.497 e. The van der Waals surface area contributed by atoms with Gasteiger partial charge in [0.25, 0.3) is 0 Å². The number of benzene rings is 2. The Balaban J connectivity index is 1.39. The Morgan fingerprint density at radius 3 is 2.74 bits per heavy atom. The molecule has 0 N–H and O–H groups in total. The summed E-state index contributed by atoms with van der Waals surface area (Å²) >= 11 is 7.28. The third-order valence-electron chi connectivity index (χ3n) is 5.23. The highest BCUT2D eigenvalue weighted by Crippen LogP contribution is 2.31. The predicted molar refractivity (Wildman–Crippen MR) is 124 cm³/mol. The van der Waals surface area contributed by atoms with Crippen LogP contribution in [0.25, 0.3) is 0 Å². The van der Waals surface area contributed by atoms with E-state index in [9.17, 15) is 8.78 Å². The second kappa shape index (κ2) is 11.3. The van der Waals surface area contributed by atoms with Crippen molar-refractivity contribution < 1.29 is 27.7 Å². The average Bonchev–Trinajstić information content (AvgIpc) is 2.85. The number of hydrogen-bond donors (Lipinski definition) is 0. The monoisotopic (exact) mass is 508 g/mol. The lowest BCUT2D eigenvalue weighted by Gasteiger charge is -2.33. The molecule has 1 unspecified atom stereocenters. The highest BCUT2D eigenvalue weighted by molar-refractivity contribution is 7.98. The Kier molecular flexibility index (Phi) is 8.20. The molecule has 0 bridgehead atoms. The summed E-state index contributed by atoms with van der Waals surface area (Å²) in [5, 5.41) is 0.478. The Morgan fingerprint density at radius 2 is 1.97 bits per heavy atom. The molecular formula is C24H23ClF2N2O4S. The van der Waals surface area contributed by atoms with E-state index in [1.54, 1.807) is 7.11 Å². The first-order valence-electron chi connectivity index (χ1n) is 10.6. The summed E-state index contributed by atoms with van der Waals surface area (Å²) < 4.78 is 50.5. The molecule has 2 aromatic carbocycles. The summed E-state index contributed by atoms with van der Waals surface area (Å²) in [6.07, 6.45) is -0.467. The van der Waals surface area contributed by atoms with Crippen molar-refractivity contribution >= 4 is 23.4 Å². The summed E-state index contributed by atoms with van der Waals surface area (Å²) in [6.45, 7) is 2.39. The van der Waals surface area contributed by atoms with Crippen molar-refractivity contribution in [2.75, 3.05) is 13.7 Å². The lowest BCUT2D eigenvalue weighted by Crippen LogP contribution is -2.38. The molecular weight excluding hydrogens is 486 g/mol. The zero-order valence-electron chi connectivity index (χ0n) is 18.5. The Bertz CT molecular complexity index is 1120. The normalized spacial score (nSPS) is 19.0. The third kappa shape index (κ3) is 6.15. The second-order valence-corrected chi connectivity index (χ2v) is 8.90. The average molecular weight is 509 g/mol. The topological polar surface area (TPSA) is 62.7 Å². The molecule has 1 aliphatic rings. The van der Waals surface area contributed by atoms with Crippen molar-refractivity contribution in [1.29, 1.82) is 0 Å². The molecule has 0 radical (unpaired) electrons. The van der Waals surface area contributed by atoms with Gasteiger partial charge in [-0.2, -0.15) is 4.98 Å². The molecule has 4 rings (SSSR count). The first-order chi connectivity index (χ1) is 16.4. The molecule has 1 aliphatic heterocycles. The van der Waals surface area contributed by atoms with E-state index in [0.29, 0.717) is 18.2 Å². The van der Waals surface area contributed by atoms with Crippen LogP contribution in [-0.4, -0.2) is 35.9 Å². The van der Waals surface area contributed by atoms with Gasteiger partial charge in [-0.25, -0.2) is 13.8 Å². The van der Waals surface area contributed by atoms with Crippen LogP contribution in [0.2, 0.25) is 5.15 Å². The number of aromatic nitrogens is 2. The first kappa shape index (κ1) is 24.7. The molecule has 10 heteroatoms. The first-order valence-corrected chi connectivity index (χ1v) is 12.0. The van der Waals surface area contributed by atoms with E-state index in [4.69, 9.17) is 30.5 Å². The van der Waals surface area contributed by atoms with E-state index in [-0.39, 0.29) is 34.6 Å². The van der Waals surface area contributed by atoms with Crippen molar-refractivity contribution in [3.05, 3.63) is 76.4 Å². The van der Waals surface area contributed by atoms with Gasteiger partial charge in [0.15, 0.2) is 23.1 Å². The summed E-state index contributed by atoms with van der Waals surface area (Å²) in [4.78, 5) is 8.51. The molecule has 0 aliphatic carbocycles. The number of thioether (sulfide) groups is 1. The second-order valence-electron chi connectivity index (χ2n) is 7.58. The van der Waals surface area contributed by atoms with Gasteiger partial charge in [-0.05, 0) is 25.1 Å². The van der Waals surface area contributed by atoms with Crippen LogP contribution in [0.15, 0.2) is 53.7 Å². The lowest BCUT2D eigenvalue weighted by molar-refractivity contribution is -0.233. The Hall–Kier alpha value is -2.46. The Morgan fingerprint density at radius 1 is 1.18 bits per heavy atom. The van der Waals surface area contributed by atoms with Crippen LogP contribution in [0.4, 0.5) is 8.78 Å². The fourth-order valence-electron chi connectivity index (χ4n) is 3.41. The quantitative estimate of drug-likeness (QED) is 0.211. The van der Waals surface area contributed by atoms with Gasteiger partial charge >= 0.3 is 0 Å². The minimum atomic E-state index is -0.896. The number of ether oxygens (including phenoxy) is 4. The Labute approximate surface area is 205 Å². The molecule has 0 spiro atoms. The molecule has 3 aromatic rings. The summed E-state index contributed by atoms with van der Waals surface area (Å²) in [7, 11) is 1.61. The van der Waals surface area contributed by atoms with Gasteiger partial charge in [0.1, 0.15) is 17.0 Å². The standard InChI is InChI=1S/C24H23ClF2N2O4S/c1-14(19-10-11-31-23(33-19)15-6-8-17(30-2)9-7-15)32-21-12-20(25)28-24(29-21)34-13-16-4-3-5-18(26)22(16)27/h3-9,12,14,19,23H,10-11,13H2,1-2H3/t14-,19-,23?/m1/s1. The highest BCUT2D eigenvalue weighted by Gasteiger charge is 2.30. The van der Waals surface area contributed by atoms with E-state index in [1.807, 2.05) is 31.2 Å². The molecule has 1 aromatic heterocycles. The van der Waals surface area contributed by atoms with Gasteiger partial charge in [-0.3, -0.25) is 0 Å². The fraction of sp³-hybridized carbons (Fsp3) is 0.333. The molecule has 0 amide bonds. The van der Waals surface area contributed by atoms with Gasteiger partial charge in [0.05, 0.1) is 19.8 Å². The number of halogens is 3. The van der Waals surface area contributed by atoms with Crippen molar-refractivity contribution in [2.45, 2.75) is 42.8 Å². The van der Waals surface area contributed by atoms with Crippen LogP contribution in [0, 0.1) is 11.6 Å². The maximum Gasteiger partial charge on any atom is 0.219 e. The molecule has 1 saturated heterocycles. The summed E-state index contributed by atoms with van der Waals surface area (Å²) in [5.41, 5.74) is 1.09. The van der Waals surface area contributed by atoms with E-state index in [0.717, 1.165) is 29.1 Å². The van der Waals surface area contributed by atoms with Gasteiger partial charge in [-0.15, -0.1) is 0 Å². The molecule has 180 valence electrons. The van der Waals surface area contributed by atoms with Crippen LogP contribution in [0.3, 0.4) is 0 Å². The molecule has 34 heavy (non-hydrogen) atoms.